The summed E-state index contributed by atoms with van der Waals surface area (Å²) in [4.78, 5) is 15.2. The van der Waals surface area contributed by atoms with Crippen LogP contribution in [-0.4, -0.2) is 51.2 Å². The summed E-state index contributed by atoms with van der Waals surface area (Å²) in [6.45, 7) is 5.48. The lowest BCUT2D eigenvalue weighted by atomic mass is 10.1. The number of hydrogen-bond acceptors (Lipinski definition) is 5. The van der Waals surface area contributed by atoms with E-state index in [0.29, 0.717) is 18.0 Å². The Hall–Kier alpha value is -2.58. The molecule has 0 bridgehead atoms. The predicted octanol–water partition coefficient (Wildman–Crippen LogP) is 2.43. The van der Waals surface area contributed by atoms with Gasteiger partial charge in [-0.15, -0.1) is 0 Å². The fraction of sp³-hybridized carbons (Fsp3) is 0.435. The van der Waals surface area contributed by atoms with Crippen LogP contribution in [0.2, 0.25) is 0 Å². The standard InChI is InChI=1S/C23H29N3O4S/c1-17-5-10-21-20(13-17)26(31(2,28)29)16-22(30-21)23(27)24-14-18-6-8-19(9-7-18)15-25-11-3-4-12-25/h5-10,13,22H,3-4,11-12,14-16H2,1-2H3,(H,24,27). The lowest BCUT2D eigenvalue weighted by molar-refractivity contribution is -0.127. The molecule has 4 rings (SSSR count). The monoisotopic (exact) mass is 443 g/mol. The molecular weight excluding hydrogens is 414 g/mol. The summed E-state index contributed by atoms with van der Waals surface area (Å²) in [5.74, 6) is 0.0645. The number of likely N-dealkylation sites (tertiary alicyclic amines) is 1. The van der Waals surface area contributed by atoms with Gasteiger partial charge in [-0.1, -0.05) is 30.3 Å². The summed E-state index contributed by atoms with van der Waals surface area (Å²) in [6, 6.07) is 13.5. The van der Waals surface area contributed by atoms with Crippen LogP contribution >= 0.6 is 0 Å². The fourth-order valence-corrected chi connectivity index (χ4v) is 4.98. The van der Waals surface area contributed by atoms with E-state index in [9.17, 15) is 13.2 Å². The Morgan fingerprint density at radius 1 is 1.10 bits per heavy atom. The van der Waals surface area contributed by atoms with Crippen LogP contribution in [0, 0.1) is 6.92 Å². The van der Waals surface area contributed by atoms with Gasteiger partial charge < -0.3 is 10.1 Å². The molecule has 0 aliphatic carbocycles. The van der Waals surface area contributed by atoms with Crippen LogP contribution in [0.15, 0.2) is 42.5 Å². The molecule has 2 aromatic carbocycles. The number of amides is 1. The number of aryl methyl sites for hydroxylation is 1. The van der Waals surface area contributed by atoms with Gasteiger partial charge in [0.25, 0.3) is 5.91 Å². The number of rotatable bonds is 6. The van der Waals surface area contributed by atoms with Gasteiger partial charge in [0.1, 0.15) is 5.75 Å². The van der Waals surface area contributed by atoms with Crippen molar-refractivity contribution in [3.8, 4) is 5.75 Å². The van der Waals surface area contributed by atoms with Crippen molar-refractivity contribution >= 4 is 21.6 Å². The number of benzene rings is 2. The Kier molecular flexibility index (Phi) is 6.20. The molecule has 1 saturated heterocycles. The van der Waals surface area contributed by atoms with Gasteiger partial charge in [0.2, 0.25) is 10.0 Å². The lowest BCUT2D eigenvalue weighted by Gasteiger charge is -2.34. The van der Waals surface area contributed by atoms with Gasteiger partial charge in [0, 0.05) is 13.1 Å². The average molecular weight is 444 g/mol. The highest BCUT2D eigenvalue weighted by Gasteiger charge is 2.35. The molecule has 1 amide bonds. The SMILES string of the molecule is Cc1ccc2c(c1)N(S(C)(=O)=O)CC(C(=O)NCc1ccc(CN3CCCC3)cc1)O2. The first-order valence-corrected chi connectivity index (χ1v) is 12.5. The lowest BCUT2D eigenvalue weighted by Crippen LogP contribution is -2.50. The molecule has 0 aromatic heterocycles. The molecule has 2 aliphatic rings. The second-order valence-corrected chi connectivity index (χ2v) is 10.3. The fourth-order valence-electron chi connectivity index (χ4n) is 4.08. The number of carbonyl (C=O) groups excluding carboxylic acids is 1. The van der Waals surface area contributed by atoms with E-state index < -0.39 is 16.1 Å². The molecule has 8 heteroatoms. The molecule has 2 heterocycles. The maximum atomic E-state index is 12.8. The van der Waals surface area contributed by atoms with Crippen molar-refractivity contribution in [1.29, 1.82) is 0 Å². The molecule has 0 radical (unpaired) electrons. The highest BCUT2D eigenvalue weighted by atomic mass is 32.2. The number of sulfonamides is 1. The molecule has 7 nitrogen and oxygen atoms in total. The van der Waals surface area contributed by atoms with Crippen molar-refractivity contribution in [2.24, 2.45) is 0 Å². The van der Waals surface area contributed by atoms with E-state index in [1.165, 1.54) is 22.7 Å². The summed E-state index contributed by atoms with van der Waals surface area (Å²) >= 11 is 0. The zero-order valence-electron chi connectivity index (χ0n) is 18.0. The first-order valence-electron chi connectivity index (χ1n) is 10.6. The number of anilines is 1. The third kappa shape index (κ3) is 5.19. The molecule has 1 unspecified atom stereocenters. The van der Waals surface area contributed by atoms with Crippen molar-refractivity contribution in [2.45, 2.75) is 39.0 Å². The highest BCUT2D eigenvalue weighted by Crippen LogP contribution is 2.35. The summed E-state index contributed by atoms with van der Waals surface area (Å²) < 4.78 is 31.7. The normalized spacial score (nSPS) is 19.0. The molecule has 166 valence electrons. The van der Waals surface area contributed by atoms with Gasteiger partial charge in [-0.25, -0.2) is 8.42 Å². The minimum atomic E-state index is -3.54. The van der Waals surface area contributed by atoms with Crippen LogP contribution < -0.4 is 14.4 Å². The van der Waals surface area contributed by atoms with E-state index in [2.05, 4.69) is 22.3 Å². The van der Waals surface area contributed by atoms with Gasteiger partial charge in [0.15, 0.2) is 6.10 Å². The minimum absolute atomic E-state index is 0.0457. The largest absolute Gasteiger partial charge is 0.476 e. The number of ether oxygens (including phenoxy) is 1. The number of hydrogen-bond donors (Lipinski definition) is 1. The van der Waals surface area contributed by atoms with Gasteiger partial charge in [-0.05, 0) is 61.7 Å². The zero-order chi connectivity index (χ0) is 22.0. The molecule has 0 spiro atoms. The maximum absolute atomic E-state index is 12.8. The molecule has 1 atom stereocenters. The van der Waals surface area contributed by atoms with E-state index in [1.54, 1.807) is 12.1 Å². The van der Waals surface area contributed by atoms with E-state index in [-0.39, 0.29) is 12.5 Å². The maximum Gasteiger partial charge on any atom is 0.263 e. The number of carbonyl (C=O) groups is 1. The molecule has 1 N–H and O–H groups in total. The average Bonchev–Trinajstić information content (AvgIpc) is 3.24. The van der Waals surface area contributed by atoms with Gasteiger partial charge >= 0.3 is 0 Å². The predicted molar refractivity (Wildman–Crippen MR) is 121 cm³/mol. The quantitative estimate of drug-likeness (QED) is 0.742. The number of nitrogens with one attached hydrogen (secondary N) is 1. The summed E-state index contributed by atoms with van der Waals surface area (Å²) in [5.41, 5.74) is 3.65. The van der Waals surface area contributed by atoms with Crippen LogP contribution in [-0.2, 0) is 27.9 Å². The van der Waals surface area contributed by atoms with Crippen LogP contribution in [0.5, 0.6) is 5.75 Å². The Bertz CT molecular complexity index is 1050. The second-order valence-electron chi connectivity index (χ2n) is 8.39. The second kappa shape index (κ2) is 8.88. The Labute approximate surface area is 184 Å². The number of fused-ring (bicyclic) bond motifs is 1. The highest BCUT2D eigenvalue weighted by molar-refractivity contribution is 7.92. The first kappa shape index (κ1) is 21.6. The van der Waals surface area contributed by atoms with E-state index in [1.807, 2.05) is 25.1 Å². The summed E-state index contributed by atoms with van der Waals surface area (Å²) in [6.07, 6.45) is 2.78. The van der Waals surface area contributed by atoms with Crippen molar-refractivity contribution < 1.29 is 17.9 Å². The van der Waals surface area contributed by atoms with Gasteiger partial charge in [-0.3, -0.25) is 14.0 Å². The van der Waals surface area contributed by atoms with E-state index >= 15 is 0 Å². The topological polar surface area (TPSA) is 79.0 Å². The third-order valence-electron chi connectivity index (χ3n) is 5.77. The molecule has 2 aliphatic heterocycles. The first-order chi connectivity index (χ1) is 14.8. The van der Waals surface area contributed by atoms with Crippen molar-refractivity contribution in [3.63, 3.8) is 0 Å². The molecular formula is C23H29N3O4S. The van der Waals surface area contributed by atoms with Crippen molar-refractivity contribution in [2.75, 3.05) is 30.2 Å². The van der Waals surface area contributed by atoms with E-state index in [4.69, 9.17) is 4.74 Å². The molecule has 1 fully saturated rings. The van der Waals surface area contributed by atoms with Crippen molar-refractivity contribution in [1.82, 2.24) is 10.2 Å². The number of nitrogens with zero attached hydrogens (tertiary/aromatic N) is 2. The Balaban J connectivity index is 1.39. The third-order valence-corrected chi connectivity index (χ3v) is 6.92. The Morgan fingerprint density at radius 2 is 1.77 bits per heavy atom. The summed E-state index contributed by atoms with van der Waals surface area (Å²) in [7, 11) is -3.54. The molecule has 31 heavy (non-hydrogen) atoms. The summed E-state index contributed by atoms with van der Waals surface area (Å²) in [5, 5.41) is 2.88. The van der Waals surface area contributed by atoms with Crippen LogP contribution in [0.25, 0.3) is 0 Å². The molecule has 0 saturated carbocycles. The van der Waals surface area contributed by atoms with E-state index in [0.717, 1.165) is 37.0 Å². The van der Waals surface area contributed by atoms with Crippen molar-refractivity contribution in [3.05, 3.63) is 59.2 Å². The minimum Gasteiger partial charge on any atom is -0.476 e. The van der Waals surface area contributed by atoms with Crippen LogP contribution in [0.1, 0.15) is 29.5 Å². The molecule has 2 aromatic rings. The Morgan fingerprint density at radius 3 is 2.45 bits per heavy atom. The zero-order valence-corrected chi connectivity index (χ0v) is 18.8. The van der Waals surface area contributed by atoms with Gasteiger partial charge in [-0.2, -0.15) is 0 Å². The van der Waals surface area contributed by atoms with Crippen LogP contribution in [0.3, 0.4) is 0 Å². The van der Waals surface area contributed by atoms with Crippen LogP contribution in [0.4, 0.5) is 5.69 Å². The van der Waals surface area contributed by atoms with Gasteiger partial charge in [0.05, 0.1) is 18.5 Å². The smallest absolute Gasteiger partial charge is 0.263 e.